The third kappa shape index (κ3) is 3.30. The Bertz CT molecular complexity index is 639. The van der Waals surface area contributed by atoms with E-state index in [-0.39, 0.29) is 5.69 Å². The third-order valence-electron chi connectivity index (χ3n) is 2.20. The Labute approximate surface area is 118 Å². The monoisotopic (exact) mass is 298 g/mol. The van der Waals surface area contributed by atoms with Crippen LogP contribution >= 0.6 is 23.2 Å². The van der Waals surface area contributed by atoms with Gasteiger partial charge in [0.2, 0.25) is 0 Å². The molecular weight excluding hydrogens is 291 g/mol. The van der Waals surface area contributed by atoms with Crippen molar-refractivity contribution in [2.45, 2.75) is 6.92 Å². The van der Waals surface area contributed by atoms with E-state index < -0.39 is 5.91 Å². The molecule has 1 aromatic carbocycles. The fraction of sp³-hybridized carbons (Fsp3) is 0.0909. The quantitative estimate of drug-likeness (QED) is 0.697. The summed E-state index contributed by atoms with van der Waals surface area (Å²) in [4.78, 5) is 11.6. The van der Waals surface area contributed by atoms with Crippen molar-refractivity contribution in [3.8, 4) is 0 Å². The first kappa shape index (κ1) is 13.5. The normalized spacial score (nSPS) is 10.9. The van der Waals surface area contributed by atoms with Gasteiger partial charge in [0.1, 0.15) is 5.69 Å². The number of hydrogen-bond donors (Lipinski definition) is 1. The number of hydrogen-bond acceptors (Lipinski definition) is 5. The van der Waals surface area contributed by atoms with E-state index in [4.69, 9.17) is 23.2 Å². The number of carbonyl (C=O) groups is 1. The van der Waals surface area contributed by atoms with Crippen molar-refractivity contribution in [1.29, 1.82) is 0 Å². The lowest BCUT2D eigenvalue weighted by Crippen LogP contribution is -2.19. The number of amides is 1. The first-order valence-electron chi connectivity index (χ1n) is 5.15. The van der Waals surface area contributed by atoms with Crippen LogP contribution in [-0.2, 0) is 0 Å². The zero-order chi connectivity index (χ0) is 13.8. The molecular formula is C11H8Cl2N4O2. The maximum atomic E-state index is 11.6. The first-order valence-corrected chi connectivity index (χ1v) is 5.91. The Morgan fingerprint density at radius 3 is 2.84 bits per heavy atom. The molecule has 0 saturated carbocycles. The molecule has 0 radical (unpaired) electrons. The van der Waals surface area contributed by atoms with Crippen molar-refractivity contribution in [2.24, 2.45) is 5.10 Å². The fourth-order valence-corrected chi connectivity index (χ4v) is 1.71. The van der Waals surface area contributed by atoms with Crippen LogP contribution in [0.4, 0.5) is 0 Å². The smallest absolute Gasteiger partial charge is 0.265 e. The first-order chi connectivity index (χ1) is 9.08. The number of carbonyl (C=O) groups excluding carboxylic acids is 1. The Kier molecular flexibility index (Phi) is 4.13. The molecule has 1 N–H and O–H groups in total. The minimum atomic E-state index is -0.514. The highest BCUT2D eigenvalue weighted by Gasteiger charge is 2.13. The van der Waals surface area contributed by atoms with Crippen LogP contribution in [0.2, 0.25) is 10.0 Å². The van der Waals surface area contributed by atoms with E-state index in [0.29, 0.717) is 21.3 Å². The van der Waals surface area contributed by atoms with Gasteiger partial charge < -0.3 is 0 Å². The van der Waals surface area contributed by atoms with E-state index in [2.05, 4.69) is 25.5 Å². The SMILES string of the molecule is Cc1nonc1C(=O)NN=Cc1ccc(Cl)cc1Cl. The summed E-state index contributed by atoms with van der Waals surface area (Å²) in [5.41, 5.74) is 3.39. The van der Waals surface area contributed by atoms with E-state index in [1.54, 1.807) is 25.1 Å². The van der Waals surface area contributed by atoms with Gasteiger partial charge in [-0.3, -0.25) is 4.79 Å². The van der Waals surface area contributed by atoms with Gasteiger partial charge >= 0.3 is 0 Å². The van der Waals surface area contributed by atoms with Crippen molar-refractivity contribution in [3.05, 3.63) is 45.2 Å². The molecule has 1 aromatic heterocycles. The van der Waals surface area contributed by atoms with Crippen LogP contribution in [0.3, 0.4) is 0 Å². The lowest BCUT2D eigenvalue weighted by Gasteiger charge is -1.98. The van der Waals surface area contributed by atoms with Crippen molar-refractivity contribution in [3.63, 3.8) is 0 Å². The minimum Gasteiger partial charge on any atom is -0.265 e. The molecule has 1 heterocycles. The summed E-state index contributed by atoms with van der Waals surface area (Å²) in [7, 11) is 0. The highest BCUT2D eigenvalue weighted by Crippen LogP contribution is 2.19. The van der Waals surface area contributed by atoms with Gasteiger partial charge in [0.05, 0.1) is 11.2 Å². The molecule has 19 heavy (non-hydrogen) atoms. The zero-order valence-electron chi connectivity index (χ0n) is 9.72. The van der Waals surface area contributed by atoms with Crippen molar-refractivity contribution in [2.75, 3.05) is 0 Å². The molecule has 0 aliphatic rings. The predicted molar refractivity (Wildman–Crippen MR) is 70.6 cm³/mol. The van der Waals surface area contributed by atoms with Crippen LogP contribution in [0.1, 0.15) is 21.7 Å². The number of nitrogens with zero attached hydrogens (tertiary/aromatic N) is 3. The average Bonchev–Trinajstić information content (AvgIpc) is 2.78. The second kappa shape index (κ2) is 5.81. The topological polar surface area (TPSA) is 80.4 Å². The molecule has 98 valence electrons. The molecule has 1 amide bonds. The predicted octanol–water partition coefficient (Wildman–Crippen LogP) is 2.45. The number of benzene rings is 1. The number of rotatable bonds is 3. The summed E-state index contributed by atoms with van der Waals surface area (Å²) in [6.45, 7) is 1.60. The summed E-state index contributed by atoms with van der Waals surface area (Å²) in [6, 6.07) is 4.93. The fourth-order valence-electron chi connectivity index (χ4n) is 1.26. The second-order valence-corrected chi connectivity index (χ2v) is 4.41. The number of halogens is 2. The molecule has 0 aliphatic heterocycles. The molecule has 0 spiro atoms. The molecule has 2 aromatic rings. The van der Waals surface area contributed by atoms with Crippen LogP contribution in [-0.4, -0.2) is 22.4 Å². The molecule has 0 unspecified atom stereocenters. The summed E-state index contributed by atoms with van der Waals surface area (Å²) < 4.78 is 4.41. The van der Waals surface area contributed by atoms with Crippen molar-refractivity contribution < 1.29 is 9.42 Å². The summed E-state index contributed by atoms with van der Waals surface area (Å²) in [5, 5.41) is 11.7. The van der Waals surface area contributed by atoms with Crippen LogP contribution in [0, 0.1) is 6.92 Å². The number of nitrogens with one attached hydrogen (secondary N) is 1. The van der Waals surface area contributed by atoms with Gasteiger partial charge in [0, 0.05) is 10.6 Å². The molecule has 0 aliphatic carbocycles. The maximum absolute atomic E-state index is 11.6. The molecule has 0 bridgehead atoms. The Morgan fingerprint density at radius 1 is 1.42 bits per heavy atom. The van der Waals surface area contributed by atoms with Gasteiger partial charge in [-0.05, 0) is 24.2 Å². The largest absolute Gasteiger partial charge is 0.295 e. The standard InChI is InChI=1S/C11H8Cl2N4O2/c1-6-10(17-19-16-6)11(18)15-14-5-7-2-3-8(12)4-9(7)13/h2-5H,1H3,(H,15,18). The maximum Gasteiger partial charge on any atom is 0.295 e. The zero-order valence-corrected chi connectivity index (χ0v) is 11.2. The molecule has 0 atom stereocenters. The summed E-state index contributed by atoms with van der Waals surface area (Å²) in [6.07, 6.45) is 1.40. The van der Waals surface area contributed by atoms with Gasteiger partial charge in [-0.2, -0.15) is 5.10 Å². The van der Waals surface area contributed by atoms with E-state index >= 15 is 0 Å². The van der Waals surface area contributed by atoms with Crippen LogP contribution in [0.15, 0.2) is 27.9 Å². The lowest BCUT2D eigenvalue weighted by atomic mass is 10.2. The van der Waals surface area contributed by atoms with Gasteiger partial charge in [-0.1, -0.05) is 34.4 Å². The number of aromatic nitrogens is 2. The van der Waals surface area contributed by atoms with Gasteiger partial charge in [0.25, 0.3) is 5.91 Å². The van der Waals surface area contributed by atoms with Gasteiger partial charge in [-0.25, -0.2) is 10.1 Å². The molecule has 0 fully saturated rings. The Balaban J connectivity index is 2.04. The summed E-state index contributed by atoms with van der Waals surface area (Å²) >= 11 is 11.7. The molecule has 8 heteroatoms. The van der Waals surface area contributed by atoms with E-state index in [0.717, 1.165) is 0 Å². The highest BCUT2D eigenvalue weighted by molar-refractivity contribution is 6.36. The Hall–Kier alpha value is -1.92. The highest BCUT2D eigenvalue weighted by atomic mass is 35.5. The Morgan fingerprint density at radius 2 is 2.21 bits per heavy atom. The average molecular weight is 299 g/mol. The second-order valence-electron chi connectivity index (χ2n) is 3.56. The van der Waals surface area contributed by atoms with Crippen molar-refractivity contribution >= 4 is 35.3 Å². The van der Waals surface area contributed by atoms with Crippen molar-refractivity contribution in [1.82, 2.24) is 15.7 Å². The minimum absolute atomic E-state index is 0.0827. The van der Waals surface area contributed by atoms with Crippen LogP contribution in [0.25, 0.3) is 0 Å². The molecule has 6 nitrogen and oxygen atoms in total. The van der Waals surface area contributed by atoms with Crippen LogP contribution in [0.5, 0.6) is 0 Å². The number of hydrazone groups is 1. The van der Waals surface area contributed by atoms with Crippen LogP contribution < -0.4 is 5.43 Å². The van der Waals surface area contributed by atoms with E-state index in [1.165, 1.54) is 6.21 Å². The third-order valence-corrected chi connectivity index (χ3v) is 2.76. The van der Waals surface area contributed by atoms with Gasteiger partial charge in [0.15, 0.2) is 5.69 Å². The number of aryl methyl sites for hydroxylation is 1. The lowest BCUT2D eigenvalue weighted by molar-refractivity contribution is 0.0945. The van der Waals surface area contributed by atoms with E-state index in [9.17, 15) is 4.79 Å². The molecule has 0 saturated heterocycles. The summed E-state index contributed by atoms with van der Waals surface area (Å²) in [5.74, 6) is -0.514. The van der Waals surface area contributed by atoms with Gasteiger partial charge in [-0.15, -0.1) is 0 Å². The van der Waals surface area contributed by atoms with E-state index in [1.807, 2.05) is 0 Å². The molecule has 2 rings (SSSR count).